The second-order valence-electron chi connectivity index (χ2n) is 3.02. The van der Waals surface area contributed by atoms with Crippen LogP contribution in [0.3, 0.4) is 0 Å². The first kappa shape index (κ1) is 13.5. The zero-order chi connectivity index (χ0) is 13.0. The van der Waals surface area contributed by atoms with Crippen molar-refractivity contribution in [2.75, 3.05) is 7.11 Å². The Labute approximate surface area is 104 Å². The fourth-order valence-corrected chi connectivity index (χ4v) is 1.68. The Morgan fingerprint density at radius 2 is 2.35 bits per heavy atom. The number of hydrogen-bond donors (Lipinski definition) is 0. The third-order valence-electron chi connectivity index (χ3n) is 2.07. The van der Waals surface area contributed by atoms with E-state index in [-0.39, 0.29) is 22.2 Å². The monoisotopic (exact) mass is 304 g/mol. The van der Waals surface area contributed by atoms with Crippen molar-refractivity contribution in [1.82, 2.24) is 4.98 Å². The summed E-state index contributed by atoms with van der Waals surface area (Å²) in [5, 5.41) is 8.87. The number of nitriles is 1. The van der Waals surface area contributed by atoms with Crippen molar-refractivity contribution in [3.63, 3.8) is 0 Å². The van der Waals surface area contributed by atoms with Crippen molar-refractivity contribution in [2.24, 2.45) is 0 Å². The lowest BCUT2D eigenvalue weighted by molar-refractivity contribution is -0.139. The number of carbonyl (C=O) groups excluding carboxylic acids is 1. The van der Waals surface area contributed by atoms with Crippen LogP contribution in [0.1, 0.15) is 23.1 Å². The van der Waals surface area contributed by atoms with Crippen LogP contribution in [-0.2, 0) is 16.0 Å². The first-order valence-corrected chi connectivity index (χ1v) is 5.22. The lowest BCUT2D eigenvalue weighted by Gasteiger charge is -2.10. The van der Waals surface area contributed by atoms with Crippen LogP contribution in [0.4, 0.5) is 8.78 Å². The molecule has 0 aliphatic carbocycles. The molecule has 17 heavy (non-hydrogen) atoms. The molecule has 0 bridgehead atoms. The van der Waals surface area contributed by atoms with Gasteiger partial charge in [0.2, 0.25) is 0 Å². The molecule has 0 aliphatic rings. The Morgan fingerprint density at radius 3 is 2.82 bits per heavy atom. The summed E-state index contributed by atoms with van der Waals surface area (Å²) >= 11 is 2.97. The summed E-state index contributed by atoms with van der Waals surface area (Å²) in [6.45, 7) is 0. The van der Waals surface area contributed by atoms with Gasteiger partial charge in [0.15, 0.2) is 0 Å². The summed E-state index contributed by atoms with van der Waals surface area (Å²) in [6, 6.07) is 1.74. The van der Waals surface area contributed by atoms with Crippen LogP contribution in [-0.4, -0.2) is 18.1 Å². The third-order valence-corrected chi connectivity index (χ3v) is 2.67. The molecular weight excluding hydrogens is 298 g/mol. The quantitative estimate of drug-likeness (QED) is 0.635. The van der Waals surface area contributed by atoms with Gasteiger partial charge < -0.3 is 4.74 Å². The second kappa shape index (κ2) is 5.68. The Morgan fingerprint density at radius 1 is 1.71 bits per heavy atom. The van der Waals surface area contributed by atoms with Gasteiger partial charge in [-0.1, -0.05) is 0 Å². The van der Waals surface area contributed by atoms with E-state index in [1.807, 2.05) is 0 Å². The second-order valence-corrected chi connectivity index (χ2v) is 3.77. The maximum absolute atomic E-state index is 12.7. The summed E-state index contributed by atoms with van der Waals surface area (Å²) in [4.78, 5) is 14.8. The van der Waals surface area contributed by atoms with Crippen LogP contribution < -0.4 is 0 Å². The fourth-order valence-electron chi connectivity index (χ4n) is 1.25. The minimum absolute atomic E-state index is 0.0591. The zero-order valence-electron chi connectivity index (χ0n) is 8.71. The van der Waals surface area contributed by atoms with Crippen LogP contribution in [0.25, 0.3) is 0 Å². The van der Waals surface area contributed by atoms with E-state index in [9.17, 15) is 13.6 Å². The Bertz CT molecular complexity index is 486. The fraction of sp³-hybridized carbons (Fsp3) is 0.300. The number of pyridine rings is 1. The largest absolute Gasteiger partial charge is 0.469 e. The number of rotatable bonds is 3. The van der Waals surface area contributed by atoms with E-state index < -0.39 is 18.0 Å². The number of nitrogens with zero attached hydrogens (tertiary/aromatic N) is 2. The highest BCUT2D eigenvalue weighted by Gasteiger charge is 2.21. The van der Waals surface area contributed by atoms with Gasteiger partial charge in [0.25, 0.3) is 6.43 Å². The first-order valence-electron chi connectivity index (χ1n) is 4.43. The van der Waals surface area contributed by atoms with Crippen LogP contribution in [0.15, 0.2) is 10.8 Å². The molecule has 1 aromatic heterocycles. The molecule has 0 aromatic carbocycles. The molecule has 0 amide bonds. The highest BCUT2D eigenvalue weighted by molar-refractivity contribution is 9.10. The molecule has 0 aliphatic heterocycles. The van der Waals surface area contributed by atoms with Gasteiger partial charge in [-0.05, 0) is 21.5 Å². The zero-order valence-corrected chi connectivity index (χ0v) is 10.3. The summed E-state index contributed by atoms with van der Waals surface area (Å²) < 4.78 is 30.0. The average Bonchev–Trinajstić information content (AvgIpc) is 2.28. The van der Waals surface area contributed by atoms with Crippen LogP contribution in [0.5, 0.6) is 0 Å². The maximum atomic E-state index is 12.7. The number of alkyl halides is 2. The normalized spacial score (nSPS) is 10.1. The highest BCUT2D eigenvalue weighted by Crippen LogP contribution is 2.28. The summed E-state index contributed by atoms with van der Waals surface area (Å²) in [5.41, 5.74) is -0.570. The van der Waals surface area contributed by atoms with Gasteiger partial charge in [0, 0.05) is 11.8 Å². The predicted molar refractivity (Wildman–Crippen MR) is 57.3 cm³/mol. The van der Waals surface area contributed by atoms with E-state index >= 15 is 0 Å². The molecule has 0 unspecified atom stereocenters. The van der Waals surface area contributed by atoms with Crippen LogP contribution in [0, 0.1) is 11.3 Å². The van der Waals surface area contributed by atoms with E-state index in [1.165, 1.54) is 0 Å². The third kappa shape index (κ3) is 2.97. The molecule has 90 valence electrons. The summed E-state index contributed by atoms with van der Waals surface area (Å²) in [5.74, 6) is -0.693. The van der Waals surface area contributed by atoms with E-state index in [0.717, 1.165) is 13.3 Å². The van der Waals surface area contributed by atoms with Crippen molar-refractivity contribution in [3.05, 3.63) is 27.5 Å². The van der Waals surface area contributed by atoms with Gasteiger partial charge in [-0.3, -0.25) is 4.79 Å². The van der Waals surface area contributed by atoms with Crippen molar-refractivity contribution < 1.29 is 18.3 Å². The summed E-state index contributed by atoms with van der Waals surface area (Å²) in [6.07, 6.45) is -2.25. The Kier molecular flexibility index (Phi) is 4.52. The molecule has 1 heterocycles. The molecule has 7 heteroatoms. The van der Waals surface area contributed by atoms with Gasteiger partial charge in [-0.25, -0.2) is 13.8 Å². The molecule has 4 nitrogen and oxygen atoms in total. The topological polar surface area (TPSA) is 63.0 Å². The van der Waals surface area contributed by atoms with Crippen molar-refractivity contribution in [2.45, 2.75) is 12.8 Å². The molecule has 0 saturated heterocycles. The van der Waals surface area contributed by atoms with E-state index in [4.69, 9.17) is 5.26 Å². The van der Waals surface area contributed by atoms with E-state index in [0.29, 0.717) is 0 Å². The molecule has 0 saturated carbocycles. The number of esters is 1. The van der Waals surface area contributed by atoms with E-state index in [2.05, 4.69) is 25.7 Å². The molecule has 0 spiro atoms. The molecule has 0 fully saturated rings. The Hall–Kier alpha value is -1.55. The molecule has 1 rings (SSSR count). The minimum atomic E-state index is -2.80. The highest BCUT2D eigenvalue weighted by atomic mass is 79.9. The number of ether oxygens (including phenoxy) is 1. The minimum Gasteiger partial charge on any atom is -0.469 e. The predicted octanol–water partition coefficient (Wildman–Crippen LogP) is 2.37. The molecule has 0 N–H and O–H groups in total. The first-order chi connectivity index (χ1) is 8.01. The molecule has 0 atom stereocenters. The summed E-state index contributed by atoms with van der Waals surface area (Å²) in [7, 11) is 1.15. The van der Waals surface area contributed by atoms with Gasteiger partial charge >= 0.3 is 5.97 Å². The molecule has 1 aromatic rings. The molecule has 0 radical (unpaired) electrons. The Balaban J connectivity index is 3.35. The van der Waals surface area contributed by atoms with Crippen LogP contribution >= 0.6 is 15.9 Å². The smallest absolute Gasteiger partial charge is 0.310 e. The average molecular weight is 305 g/mol. The number of carbonyl (C=O) groups is 1. The molecular formula is C10H7BrF2N2O2. The van der Waals surface area contributed by atoms with Gasteiger partial charge in [0.05, 0.1) is 19.1 Å². The SMILES string of the molecule is COC(=O)Cc1c(C(F)F)cnc(Br)c1C#N. The maximum Gasteiger partial charge on any atom is 0.310 e. The van der Waals surface area contributed by atoms with Crippen molar-refractivity contribution in [1.29, 1.82) is 5.26 Å². The van der Waals surface area contributed by atoms with Crippen molar-refractivity contribution >= 4 is 21.9 Å². The number of methoxy groups -OCH3 is 1. The van der Waals surface area contributed by atoms with Crippen molar-refractivity contribution in [3.8, 4) is 6.07 Å². The number of halogens is 3. The van der Waals surface area contributed by atoms with Gasteiger partial charge in [-0.2, -0.15) is 5.26 Å². The lowest BCUT2D eigenvalue weighted by Crippen LogP contribution is -2.10. The van der Waals surface area contributed by atoms with Gasteiger partial charge in [-0.15, -0.1) is 0 Å². The standard InChI is InChI=1S/C10H7BrF2N2O2/c1-17-8(16)2-5-6(3-14)9(11)15-4-7(5)10(12)13/h4,10H,2H2,1H3. The number of aromatic nitrogens is 1. The number of hydrogen-bond acceptors (Lipinski definition) is 4. The van der Waals surface area contributed by atoms with Gasteiger partial charge in [0.1, 0.15) is 10.7 Å². The van der Waals surface area contributed by atoms with Crippen LogP contribution in [0.2, 0.25) is 0 Å². The lowest BCUT2D eigenvalue weighted by atomic mass is 10.0. The van der Waals surface area contributed by atoms with E-state index in [1.54, 1.807) is 6.07 Å².